The number of amides is 1. The Kier molecular flexibility index (Phi) is 6.93. The van der Waals surface area contributed by atoms with Crippen LogP contribution in [-0.2, 0) is 4.79 Å². The van der Waals surface area contributed by atoms with Gasteiger partial charge in [0.05, 0.1) is 5.69 Å². The summed E-state index contributed by atoms with van der Waals surface area (Å²) in [6, 6.07) is 7.60. The molecule has 0 radical (unpaired) electrons. The van der Waals surface area contributed by atoms with E-state index in [1.54, 1.807) is 0 Å². The average molecular weight is 314 g/mol. The minimum absolute atomic E-state index is 0.0271. The van der Waals surface area contributed by atoms with E-state index in [-0.39, 0.29) is 5.91 Å². The van der Waals surface area contributed by atoms with Crippen molar-refractivity contribution in [3.63, 3.8) is 0 Å². The molecule has 0 unspecified atom stereocenters. The zero-order chi connectivity index (χ0) is 13.4. The minimum Gasteiger partial charge on any atom is -0.325 e. The smallest absolute Gasteiger partial charge is 0.225 e. The lowest BCUT2D eigenvalue weighted by Crippen LogP contribution is -2.29. The number of halogens is 1. The van der Waals surface area contributed by atoms with Crippen LogP contribution in [-0.4, -0.2) is 44.5 Å². The van der Waals surface area contributed by atoms with Gasteiger partial charge in [0, 0.05) is 30.5 Å². The zero-order valence-electron chi connectivity index (χ0n) is 10.9. The summed E-state index contributed by atoms with van der Waals surface area (Å²) in [4.78, 5) is 13.8. The number of anilines is 1. The lowest BCUT2D eigenvalue weighted by atomic mass is 10.3. The molecule has 1 rings (SSSR count). The van der Waals surface area contributed by atoms with E-state index in [4.69, 9.17) is 0 Å². The Hall–Kier alpha value is -0.910. The second-order valence-corrected chi connectivity index (χ2v) is 5.19. The van der Waals surface area contributed by atoms with Gasteiger partial charge in [-0.05, 0) is 42.2 Å². The molecule has 0 saturated heterocycles. The monoisotopic (exact) mass is 313 g/mol. The summed E-state index contributed by atoms with van der Waals surface area (Å²) in [6.07, 6.45) is 0.481. The maximum Gasteiger partial charge on any atom is 0.225 e. The van der Waals surface area contributed by atoms with Gasteiger partial charge in [-0.25, -0.2) is 0 Å². The second-order valence-electron chi connectivity index (χ2n) is 4.33. The molecule has 1 amide bonds. The van der Waals surface area contributed by atoms with Crippen LogP contribution in [0.25, 0.3) is 0 Å². The first kappa shape index (κ1) is 15.1. The first-order chi connectivity index (χ1) is 8.59. The van der Waals surface area contributed by atoms with Gasteiger partial charge in [0.2, 0.25) is 5.91 Å². The average Bonchev–Trinajstić information content (AvgIpc) is 2.31. The fourth-order valence-electron chi connectivity index (χ4n) is 1.40. The molecule has 0 fully saturated rings. The molecule has 0 spiro atoms. The Morgan fingerprint density at radius 3 is 2.67 bits per heavy atom. The Bertz CT molecular complexity index is 382. The van der Waals surface area contributed by atoms with Crippen LogP contribution < -0.4 is 10.6 Å². The van der Waals surface area contributed by atoms with E-state index in [0.29, 0.717) is 13.0 Å². The van der Waals surface area contributed by atoms with Crippen LogP contribution in [0.4, 0.5) is 5.69 Å². The van der Waals surface area contributed by atoms with Gasteiger partial charge in [-0.2, -0.15) is 0 Å². The highest BCUT2D eigenvalue weighted by Crippen LogP contribution is 2.21. The van der Waals surface area contributed by atoms with E-state index in [0.717, 1.165) is 23.2 Å². The van der Waals surface area contributed by atoms with Crippen molar-refractivity contribution < 1.29 is 4.79 Å². The van der Waals surface area contributed by atoms with Crippen molar-refractivity contribution in [2.75, 3.05) is 39.0 Å². The SMILES string of the molecule is CN(C)CCNCCC(=O)Nc1ccccc1Br. The molecule has 1 aromatic rings. The van der Waals surface area contributed by atoms with Gasteiger partial charge < -0.3 is 15.5 Å². The fraction of sp³-hybridized carbons (Fsp3) is 0.462. The van der Waals surface area contributed by atoms with Crippen LogP contribution in [0, 0.1) is 0 Å². The van der Waals surface area contributed by atoms with E-state index >= 15 is 0 Å². The lowest BCUT2D eigenvalue weighted by Gasteiger charge is -2.10. The number of carbonyl (C=O) groups excluding carboxylic acids is 1. The maximum atomic E-state index is 11.7. The summed E-state index contributed by atoms with van der Waals surface area (Å²) in [7, 11) is 4.06. The Morgan fingerprint density at radius 2 is 2.00 bits per heavy atom. The van der Waals surface area contributed by atoms with Crippen molar-refractivity contribution in [1.82, 2.24) is 10.2 Å². The standard InChI is InChI=1S/C13H20BrN3O/c1-17(2)10-9-15-8-7-13(18)16-12-6-4-3-5-11(12)14/h3-6,15H,7-10H2,1-2H3,(H,16,18). The molecule has 0 aliphatic carbocycles. The van der Waals surface area contributed by atoms with Crippen LogP contribution in [0.1, 0.15) is 6.42 Å². The normalized spacial score (nSPS) is 10.7. The van der Waals surface area contributed by atoms with Crippen molar-refractivity contribution in [1.29, 1.82) is 0 Å². The largest absolute Gasteiger partial charge is 0.325 e. The molecule has 0 atom stereocenters. The number of benzene rings is 1. The number of nitrogens with zero attached hydrogens (tertiary/aromatic N) is 1. The van der Waals surface area contributed by atoms with Crippen LogP contribution in [0.3, 0.4) is 0 Å². The molecule has 0 aliphatic rings. The van der Waals surface area contributed by atoms with Crippen molar-refractivity contribution in [3.05, 3.63) is 28.7 Å². The van der Waals surface area contributed by atoms with E-state index < -0.39 is 0 Å². The lowest BCUT2D eigenvalue weighted by molar-refractivity contribution is -0.116. The molecule has 100 valence electrons. The highest BCUT2D eigenvalue weighted by molar-refractivity contribution is 9.10. The van der Waals surface area contributed by atoms with Crippen LogP contribution >= 0.6 is 15.9 Å². The molecule has 18 heavy (non-hydrogen) atoms. The summed E-state index contributed by atoms with van der Waals surface area (Å²) in [5.74, 6) is 0.0271. The minimum atomic E-state index is 0.0271. The third-order valence-corrected chi connectivity index (χ3v) is 3.10. The first-order valence-corrected chi connectivity index (χ1v) is 6.78. The molecule has 0 saturated carbocycles. The van der Waals surface area contributed by atoms with E-state index in [9.17, 15) is 4.79 Å². The summed E-state index contributed by atoms with van der Waals surface area (Å²) >= 11 is 3.40. The van der Waals surface area contributed by atoms with Crippen molar-refractivity contribution in [2.24, 2.45) is 0 Å². The Labute approximate surface area is 117 Å². The summed E-state index contributed by atoms with van der Waals surface area (Å²) in [5.41, 5.74) is 0.816. The molecule has 4 nitrogen and oxygen atoms in total. The number of para-hydroxylation sites is 1. The predicted octanol–water partition coefficient (Wildman–Crippen LogP) is 1.93. The topological polar surface area (TPSA) is 44.4 Å². The van der Waals surface area contributed by atoms with Gasteiger partial charge in [-0.15, -0.1) is 0 Å². The number of hydrogen-bond acceptors (Lipinski definition) is 3. The second kappa shape index (κ2) is 8.24. The van der Waals surface area contributed by atoms with Gasteiger partial charge >= 0.3 is 0 Å². The summed E-state index contributed by atoms with van der Waals surface area (Å²) in [6.45, 7) is 2.57. The number of hydrogen-bond donors (Lipinski definition) is 2. The molecule has 2 N–H and O–H groups in total. The molecule has 0 aromatic heterocycles. The Morgan fingerprint density at radius 1 is 1.28 bits per heavy atom. The first-order valence-electron chi connectivity index (χ1n) is 5.99. The van der Waals surface area contributed by atoms with Crippen molar-refractivity contribution in [3.8, 4) is 0 Å². The van der Waals surface area contributed by atoms with Crippen LogP contribution in [0.5, 0.6) is 0 Å². The highest BCUT2D eigenvalue weighted by Gasteiger charge is 2.04. The number of rotatable bonds is 7. The third kappa shape index (κ3) is 6.14. The van der Waals surface area contributed by atoms with Crippen molar-refractivity contribution in [2.45, 2.75) is 6.42 Å². The number of carbonyl (C=O) groups is 1. The van der Waals surface area contributed by atoms with Gasteiger partial charge in [-0.3, -0.25) is 4.79 Å². The molecular weight excluding hydrogens is 294 g/mol. The molecule has 0 heterocycles. The van der Waals surface area contributed by atoms with Crippen LogP contribution in [0.2, 0.25) is 0 Å². The molecule has 5 heteroatoms. The van der Waals surface area contributed by atoms with Gasteiger partial charge in [0.15, 0.2) is 0 Å². The number of likely N-dealkylation sites (N-methyl/N-ethyl adjacent to an activating group) is 1. The quantitative estimate of drug-likeness (QED) is 0.756. The van der Waals surface area contributed by atoms with E-state index in [1.807, 2.05) is 38.4 Å². The third-order valence-electron chi connectivity index (χ3n) is 2.41. The van der Waals surface area contributed by atoms with E-state index in [1.165, 1.54) is 0 Å². The fourth-order valence-corrected chi connectivity index (χ4v) is 1.79. The predicted molar refractivity (Wildman–Crippen MR) is 78.8 cm³/mol. The number of nitrogens with one attached hydrogen (secondary N) is 2. The van der Waals surface area contributed by atoms with Crippen molar-refractivity contribution >= 4 is 27.5 Å². The summed E-state index contributed by atoms with van der Waals surface area (Å²) < 4.78 is 0.902. The van der Waals surface area contributed by atoms with E-state index in [2.05, 4.69) is 31.5 Å². The molecule has 0 bridgehead atoms. The van der Waals surface area contributed by atoms with Gasteiger partial charge in [0.25, 0.3) is 0 Å². The molecule has 0 aliphatic heterocycles. The summed E-state index contributed by atoms with van der Waals surface area (Å²) in [5, 5.41) is 6.11. The van der Waals surface area contributed by atoms with Crippen LogP contribution in [0.15, 0.2) is 28.7 Å². The molecule has 1 aromatic carbocycles. The van der Waals surface area contributed by atoms with Gasteiger partial charge in [0.1, 0.15) is 0 Å². The van der Waals surface area contributed by atoms with Gasteiger partial charge in [-0.1, -0.05) is 12.1 Å². The Balaban J connectivity index is 2.20. The zero-order valence-corrected chi connectivity index (χ0v) is 12.5. The maximum absolute atomic E-state index is 11.7. The highest BCUT2D eigenvalue weighted by atomic mass is 79.9. The molecular formula is C13H20BrN3O.